The average molecular weight is 337 g/mol. The Hall–Kier alpha value is -0.820. The van der Waals surface area contributed by atoms with Crippen LogP contribution in [0.15, 0.2) is 24.3 Å². The lowest BCUT2D eigenvalue weighted by Gasteiger charge is -2.20. The molecule has 1 rings (SSSR count). The first-order chi connectivity index (χ1) is 9.39. The minimum atomic E-state index is -3.34. The van der Waals surface area contributed by atoms with E-state index in [1.165, 1.54) is 0 Å². The lowest BCUT2D eigenvalue weighted by Crippen LogP contribution is -2.42. The van der Waals surface area contributed by atoms with E-state index in [9.17, 15) is 8.42 Å². The Kier molecular flexibility index (Phi) is 8.89. The van der Waals surface area contributed by atoms with Crippen molar-refractivity contribution in [2.24, 2.45) is 5.73 Å². The fourth-order valence-corrected chi connectivity index (χ4v) is 2.43. The van der Waals surface area contributed by atoms with Gasteiger partial charge in [-0.2, -0.15) is 4.72 Å². The van der Waals surface area contributed by atoms with Crippen LogP contribution in [0.25, 0.3) is 0 Å². The molecule has 1 atom stereocenters. The third-order valence-corrected chi connectivity index (χ3v) is 4.75. The number of sulfonamides is 1. The second-order valence-electron chi connectivity index (χ2n) is 4.91. The van der Waals surface area contributed by atoms with Crippen molar-refractivity contribution in [2.45, 2.75) is 45.1 Å². The molecular formula is C14H25ClN2O3S. The van der Waals surface area contributed by atoms with E-state index in [1.807, 2.05) is 31.2 Å². The summed E-state index contributed by atoms with van der Waals surface area (Å²) >= 11 is 0. The van der Waals surface area contributed by atoms with Gasteiger partial charge in [0.1, 0.15) is 5.75 Å². The Morgan fingerprint density at radius 2 is 1.81 bits per heavy atom. The van der Waals surface area contributed by atoms with Crippen molar-refractivity contribution in [3.63, 3.8) is 0 Å². The molecule has 0 amide bonds. The first-order valence-corrected chi connectivity index (χ1v) is 8.40. The average Bonchev–Trinajstić information content (AvgIpc) is 2.40. The van der Waals surface area contributed by atoms with Gasteiger partial charge in [0.05, 0.1) is 5.25 Å². The van der Waals surface area contributed by atoms with Crippen molar-refractivity contribution in [1.82, 2.24) is 4.72 Å². The van der Waals surface area contributed by atoms with E-state index in [4.69, 9.17) is 10.5 Å². The molecule has 0 aliphatic rings. The summed E-state index contributed by atoms with van der Waals surface area (Å²) in [6.07, 6.45) is 0.816. The van der Waals surface area contributed by atoms with Crippen LogP contribution in [0.4, 0.5) is 0 Å². The van der Waals surface area contributed by atoms with Crippen LogP contribution >= 0.6 is 12.4 Å². The van der Waals surface area contributed by atoms with Gasteiger partial charge in [0.25, 0.3) is 0 Å². The number of halogens is 1. The fraction of sp³-hybridized carbons (Fsp3) is 0.571. The Morgan fingerprint density at radius 3 is 2.24 bits per heavy atom. The van der Waals surface area contributed by atoms with E-state index in [2.05, 4.69) is 4.72 Å². The monoisotopic (exact) mass is 336 g/mol. The predicted octanol–water partition coefficient (Wildman–Crippen LogP) is 2.05. The number of benzene rings is 1. The highest BCUT2D eigenvalue weighted by Gasteiger charge is 2.21. The molecule has 0 aromatic heterocycles. The molecule has 0 bridgehead atoms. The number of hydrogen-bond acceptors (Lipinski definition) is 4. The summed E-state index contributed by atoms with van der Waals surface area (Å²) in [6.45, 7) is 5.75. The summed E-state index contributed by atoms with van der Waals surface area (Å²) in [6, 6.07) is 7.53. The molecule has 0 saturated carbocycles. The van der Waals surface area contributed by atoms with E-state index in [0.29, 0.717) is 18.7 Å². The lowest BCUT2D eigenvalue weighted by molar-refractivity contribution is 0.185. The topological polar surface area (TPSA) is 81.4 Å². The highest BCUT2D eigenvalue weighted by atomic mass is 35.5. The maximum Gasteiger partial charge on any atom is 0.216 e. The van der Waals surface area contributed by atoms with Gasteiger partial charge in [-0.3, -0.25) is 0 Å². The van der Waals surface area contributed by atoms with Crippen LogP contribution < -0.4 is 15.2 Å². The maximum atomic E-state index is 11.8. The molecule has 1 aromatic carbocycles. The first kappa shape index (κ1) is 20.2. The summed E-state index contributed by atoms with van der Waals surface area (Å²) in [5, 5.41) is -0.480. The number of rotatable bonds is 8. The molecule has 122 valence electrons. The van der Waals surface area contributed by atoms with Crippen molar-refractivity contribution in [3.05, 3.63) is 29.8 Å². The quantitative estimate of drug-likeness (QED) is 0.712. The van der Waals surface area contributed by atoms with Crippen LogP contribution in [0.3, 0.4) is 0 Å². The van der Waals surface area contributed by atoms with Crippen LogP contribution in [0.1, 0.15) is 32.8 Å². The Balaban J connectivity index is 0.00000400. The zero-order chi connectivity index (χ0) is 15.2. The molecular weight excluding hydrogens is 312 g/mol. The van der Waals surface area contributed by atoms with Gasteiger partial charge in [-0.15, -0.1) is 12.4 Å². The summed E-state index contributed by atoms with van der Waals surface area (Å²) in [4.78, 5) is 0. The summed E-state index contributed by atoms with van der Waals surface area (Å²) < 4.78 is 31.9. The molecule has 0 spiro atoms. The molecule has 0 heterocycles. The smallest absolute Gasteiger partial charge is 0.216 e. The molecule has 7 heteroatoms. The Bertz CT molecular complexity index is 503. The molecule has 1 unspecified atom stereocenters. The summed E-state index contributed by atoms with van der Waals surface area (Å²) in [5.41, 5.74) is 6.63. The van der Waals surface area contributed by atoms with Crippen molar-refractivity contribution in [3.8, 4) is 5.75 Å². The van der Waals surface area contributed by atoms with Gasteiger partial charge in [0, 0.05) is 0 Å². The van der Waals surface area contributed by atoms with Gasteiger partial charge in [-0.25, -0.2) is 8.42 Å². The van der Waals surface area contributed by atoms with Gasteiger partial charge in [0.15, 0.2) is 6.23 Å². The molecule has 3 N–H and O–H groups in total. The van der Waals surface area contributed by atoms with Gasteiger partial charge >= 0.3 is 0 Å². The van der Waals surface area contributed by atoms with Gasteiger partial charge in [-0.1, -0.05) is 19.1 Å². The van der Waals surface area contributed by atoms with Crippen molar-refractivity contribution >= 4 is 22.4 Å². The lowest BCUT2D eigenvalue weighted by atomic mass is 10.1. The van der Waals surface area contributed by atoms with Gasteiger partial charge < -0.3 is 10.5 Å². The number of nitrogens with one attached hydrogen (secondary N) is 1. The highest BCUT2D eigenvalue weighted by Crippen LogP contribution is 2.15. The van der Waals surface area contributed by atoms with Crippen LogP contribution in [0.5, 0.6) is 5.75 Å². The van der Waals surface area contributed by atoms with E-state index >= 15 is 0 Å². The van der Waals surface area contributed by atoms with Gasteiger partial charge in [-0.05, 0) is 50.9 Å². The standard InChI is InChI=1S/C14H24N2O3S.ClH/c1-4-14(16-20(17,18)11(2)3)19-13-7-5-12(6-8-13)9-10-15;/h5-8,11,14,16H,4,9-10,15H2,1-3H3;1H. The first-order valence-electron chi connectivity index (χ1n) is 6.85. The van der Waals surface area contributed by atoms with Crippen molar-refractivity contribution < 1.29 is 13.2 Å². The highest BCUT2D eigenvalue weighted by molar-refractivity contribution is 7.90. The number of nitrogens with two attached hydrogens (primary N) is 1. The molecule has 0 saturated heterocycles. The molecule has 0 aliphatic carbocycles. The van der Waals surface area contributed by atoms with E-state index in [0.717, 1.165) is 12.0 Å². The van der Waals surface area contributed by atoms with Crippen molar-refractivity contribution in [2.75, 3.05) is 6.54 Å². The van der Waals surface area contributed by atoms with Crippen LogP contribution in [-0.2, 0) is 16.4 Å². The zero-order valence-electron chi connectivity index (χ0n) is 12.7. The number of ether oxygens (including phenoxy) is 1. The molecule has 0 aliphatic heterocycles. The van der Waals surface area contributed by atoms with E-state index in [1.54, 1.807) is 13.8 Å². The third-order valence-electron chi connectivity index (χ3n) is 2.92. The third kappa shape index (κ3) is 6.65. The molecule has 21 heavy (non-hydrogen) atoms. The predicted molar refractivity (Wildman–Crippen MR) is 88.3 cm³/mol. The second-order valence-corrected chi connectivity index (χ2v) is 7.18. The van der Waals surface area contributed by atoms with E-state index < -0.39 is 21.5 Å². The minimum absolute atomic E-state index is 0. The normalized spacial score (nSPS) is 12.8. The fourth-order valence-electron chi connectivity index (χ4n) is 1.58. The van der Waals surface area contributed by atoms with Crippen LogP contribution in [0, 0.1) is 0 Å². The molecule has 0 radical (unpaired) electrons. The SMILES string of the molecule is CCC(NS(=O)(=O)C(C)C)Oc1ccc(CCN)cc1.Cl. The largest absolute Gasteiger partial charge is 0.474 e. The summed E-state index contributed by atoms with van der Waals surface area (Å²) in [7, 11) is -3.34. The Labute approximate surface area is 133 Å². The molecule has 1 aromatic rings. The Morgan fingerprint density at radius 1 is 1.24 bits per heavy atom. The zero-order valence-corrected chi connectivity index (χ0v) is 14.3. The second kappa shape index (κ2) is 9.25. The molecule has 0 fully saturated rings. The number of hydrogen-bond donors (Lipinski definition) is 2. The van der Waals surface area contributed by atoms with E-state index in [-0.39, 0.29) is 12.4 Å². The van der Waals surface area contributed by atoms with Crippen LogP contribution in [0.2, 0.25) is 0 Å². The maximum absolute atomic E-state index is 11.8. The summed E-state index contributed by atoms with van der Waals surface area (Å²) in [5.74, 6) is 0.643. The van der Waals surface area contributed by atoms with Crippen molar-refractivity contribution in [1.29, 1.82) is 0 Å². The minimum Gasteiger partial charge on any atom is -0.474 e. The van der Waals surface area contributed by atoms with Gasteiger partial charge in [0.2, 0.25) is 10.0 Å². The van der Waals surface area contributed by atoms with Crippen LogP contribution in [-0.4, -0.2) is 26.4 Å². The molecule has 5 nitrogen and oxygen atoms in total.